The number of hydrogen-bond donors (Lipinski definition) is 1. The number of nitrogens with one attached hydrogen (secondary N) is 1. The van der Waals surface area contributed by atoms with E-state index in [1.807, 2.05) is 43.3 Å². The Kier molecular flexibility index (Phi) is 6.82. The minimum absolute atomic E-state index is 0.0456. The van der Waals surface area contributed by atoms with Gasteiger partial charge in [-0.3, -0.25) is 4.79 Å². The first-order chi connectivity index (χ1) is 9.52. The second-order valence-corrected chi connectivity index (χ2v) is 5.04. The molecule has 0 aromatic heterocycles. The van der Waals surface area contributed by atoms with Gasteiger partial charge >= 0.3 is 0 Å². The van der Waals surface area contributed by atoms with Crippen LogP contribution in [-0.2, 0) is 11.2 Å². The van der Waals surface area contributed by atoms with Crippen molar-refractivity contribution < 1.29 is 4.79 Å². The van der Waals surface area contributed by atoms with E-state index in [1.54, 1.807) is 13.0 Å². The molecule has 0 heterocycles. The van der Waals surface area contributed by atoms with Gasteiger partial charge in [0.05, 0.1) is 0 Å². The van der Waals surface area contributed by atoms with Gasteiger partial charge in [-0.1, -0.05) is 54.1 Å². The summed E-state index contributed by atoms with van der Waals surface area (Å²) >= 11 is 5.82. The maximum absolute atomic E-state index is 11.9. The van der Waals surface area contributed by atoms with Gasteiger partial charge in [-0.15, -0.1) is 0 Å². The van der Waals surface area contributed by atoms with Gasteiger partial charge in [0.15, 0.2) is 0 Å². The van der Waals surface area contributed by atoms with E-state index in [9.17, 15) is 4.79 Å². The van der Waals surface area contributed by atoms with E-state index in [0.29, 0.717) is 12.1 Å². The van der Waals surface area contributed by atoms with E-state index in [4.69, 9.17) is 11.6 Å². The van der Waals surface area contributed by atoms with Crippen LogP contribution in [0.1, 0.15) is 19.4 Å². The van der Waals surface area contributed by atoms with Crippen LogP contribution in [0.2, 0.25) is 5.02 Å². The van der Waals surface area contributed by atoms with Crippen LogP contribution in [-0.4, -0.2) is 12.5 Å². The summed E-state index contributed by atoms with van der Waals surface area (Å²) in [5.74, 6) is -0.0456. The molecule has 106 valence electrons. The van der Waals surface area contributed by atoms with Gasteiger partial charge in [-0.05, 0) is 38.0 Å². The molecule has 0 spiro atoms. The Morgan fingerprint density at radius 1 is 1.30 bits per heavy atom. The molecule has 1 N–H and O–H groups in total. The molecule has 1 amide bonds. The molecule has 0 aliphatic rings. The SMILES string of the molecule is C=C/C=C(C)/C=C(\C)C(=O)NCCc1ccc(Cl)cc1. The normalized spacial score (nSPS) is 12.2. The molecule has 2 nitrogen and oxygen atoms in total. The number of carbonyl (C=O) groups excluding carboxylic acids is 1. The third-order valence-electron chi connectivity index (χ3n) is 2.80. The van der Waals surface area contributed by atoms with Crippen molar-refractivity contribution in [1.29, 1.82) is 0 Å². The summed E-state index contributed by atoms with van der Waals surface area (Å²) in [5, 5.41) is 3.62. The molecule has 0 radical (unpaired) electrons. The molecule has 0 saturated heterocycles. The zero-order valence-corrected chi connectivity index (χ0v) is 12.7. The number of benzene rings is 1. The number of hydrogen-bond acceptors (Lipinski definition) is 1. The molecular formula is C17H20ClNO. The third kappa shape index (κ3) is 5.89. The number of carbonyl (C=O) groups is 1. The van der Waals surface area contributed by atoms with Crippen LogP contribution >= 0.6 is 11.6 Å². The molecule has 0 aliphatic carbocycles. The van der Waals surface area contributed by atoms with Gasteiger partial charge in [0.1, 0.15) is 0 Å². The van der Waals surface area contributed by atoms with Gasteiger partial charge in [-0.25, -0.2) is 0 Å². The van der Waals surface area contributed by atoms with Crippen molar-refractivity contribution in [2.24, 2.45) is 0 Å². The highest BCUT2D eigenvalue weighted by atomic mass is 35.5. The summed E-state index contributed by atoms with van der Waals surface area (Å²) < 4.78 is 0. The second-order valence-electron chi connectivity index (χ2n) is 4.61. The minimum atomic E-state index is -0.0456. The Hall–Kier alpha value is -1.80. The van der Waals surface area contributed by atoms with Crippen LogP contribution in [0, 0.1) is 0 Å². The van der Waals surface area contributed by atoms with Gasteiger partial charge in [-0.2, -0.15) is 0 Å². The van der Waals surface area contributed by atoms with E-state index in [1.165, 1.54) is 0 Å². The molecule has 20 heavy (non-hydrogen) atoms. The highest BCUT2D eigenvalue weighted by Gasteiger charge is 2.03. The van der Waals surface area contributed by atoms with Crippen molar-refractivity contribution in [3.63, 3.8) is 0 Å². The second kappa shape index (κ2) is 8.39. The summed E-state index contributed by atoms with van der Waals surface area (Å²) in [6.45, 7) is 7.97. The lowest BCUT2D eigenvalue weighted by Crippen LogP contribution is -2.26. The molecule has 1 rings (SSSR count). The molecular weight excluding hydrogens is 270 g/mol. The first-order valence-electron chi connectivity index (χ1n) is 6.53. The van der Waals surface area contributed by atoms with E-state index < -0.39 is 0 Å². The minimum Gasteiger partial charge on any atom is -0.352 e. The summed E-state index contributed by atoms with van der Waals surface area (Å²) in [6.07, 6.45) is 6.21. The van der Waals surface area contributed by atoms with Gasteiger partial charge < -0.3 is 5.32 Å². The zero-order valence-electron chi connectivity index (χ0n) is 11.9. The van der Waals surface area contributed by atoms with E-state index >= 15 is 0 Å². The fourth-order valence-electron chi connectivity index (χ4n) is 1.75. The van der Waals surface area contributed by atoms with Crippen molar-refractivity contribution in [2.45, 2.75) is 20.3 Å². The topological polar surface area (TPSA) is 29.1 Å². The lowest BCUT2D eigenvalue weighted by molar-refractivity contribution is -0.117. The number of rotatable bonds is 6. The highest BCUT2D eigenvalue weighted by molar-refractivity contribution is 6.30. The zero-order chi connectivity index (χ0) is 15.0. The van der Waals surface area contributed by atoms with E-state index in [-0.39, 0.29) is 5.91 Å². The first kappa shape index (κ1) is 16.3. The Balaban J connectivity index is 2.45. The molecule has 1 aromatic rings. The molecule has 0 atom stereocenters. The van der Waals surface area contributed by atoms with Crippen LogP contribution in [0.15, 0.2) is 60.2 Å². The summed E-state index contributed by atoms with van der Waals surface area (Å²) in [6, 6.07) is 7.64. The molecule has 0 fully saturated rings. The van der Waals surface area contributed by atoms with Crippen molar-refractivity contribution in [3.05, 3.63) is 70.8 Å². The fraction of sp³-hybridized carbons (Fsp3) is 0.235. The van der Waals surface area contributed by atoms with Crippen molar-refractivity contribution in [3.8, 4) is 0 Å². The first-order valence-corrected chi connectivity index (χ1v) is 6.91. The Morgan fingerprint density at radius 2 is 1.95 bits per heavy atom. The highest BCUT2D eigenvalue weighted by Crippen LogP contribution is 2.09. The Labute approximate surface area is 125 Å². The monoisotopic (exact) mass is 289 g/mol. The fourth-order valence-corrected chi connectivity index (χ4v) is 1.88. The standard InChI is InChI=1S/C17H20ClNO/c1-4-5-13(2)12-14(3)17(20)19-11-10-15-6-8-16(18)9-7-15/h4-9,12H,1,10-11H2,2-3H3,(H,19,20)/b13-5+,14-12+. The van der Waals surface area contributed by atoms with Crippen LogP contribution in [0.5, 0.6) is 0 Å². The van der Waals surface area contributed by atoms with Gasteiger partial charge in [0.25, 0.3) is 0 Å². The molecule has 1 aromatic carbocycles. The van der Waals surface area contributed by atoms with Crippen molar-refractivity contribution in [2.75, 3.05) is 6.54 Å². The van der Waals surface area contributed by atoms with E-state index in [2.05, 4.69) is 11.9 Å². The third-order valence-corrected chi connectivity index (χ3v) is 3.05. The van der Waals surface area contributed by atoms with Crippen LogP contribution in [0.3, 0.4) is 0 Å². The van der Waals surface area contributed by atoms with Crippen LogP contribution < -0.4 is 5.32 Å². The maximum atomic E-state index is 11.9. The largest absolute Gasteiger partial charge is 0.352 e. The quantitative estimate of drug-likeness (QED) is 0.620. The molecule has 3 heteroatoms. The van der Waals surface area contributed by atoms with Crippen LogP contribution in [0.4, 0.5) is 0 Å². The Bertz CT molecular complexity index is 526. The summed E-state index contributed by atoms with van der Waals surface area (Å²) in [5.41, 5.74) is 2.85. The number of allylic oxidation sites excluding steroid dienone is 4. The average molecular weight is 290 g/mol. The predicted octanol–water partition coefficient (Wildman–Crippen LogP) is 4.08. The van der Waals surface area contributed by atoms with Crippen LogP contribution in [0.25, 0.3) is 0 Å². The molecule has 0 saturated carbocycles. The Morgan fingerprint density at radius 3 is 2.55 bits per heavy atom. The van der Waals surface area contributed by atoms with Crippen molar-refractivity contribution in [1.82, 2.24) is 5.32 Å². The lowest BCUT2D eigenvalue weighted by Gasteiger charge is -2.06. The number of amides is 1. The van der Waals surface area contributed by atoms with Gasteiger partial charge in [0, 0.05) is 17.1 Å². The molecule has 0 aliphatic heterocycles. The van der Waals surface area contributed by atoms with E-state index in [0.717, 1.165) is 22.6 Å². The van der Waals surface area contributed by atoms with Crippen molar-refractivity contribution >= 4 is 17.5 Å². The smallest absolute Gasteiger partial charge is 0.246 e. The summed E-state index contributed by atoms with van der Waals surface area (Å²) in [4.78, 5) is 11.9. The lowest BCUT2D eigenvalue weighted by atomic mass is 10.1. The molecule has 0 unspecified atom stereocenters. The van der Waals surface area contributed by atoms with Gasteiger partial charge in [0.2, 0.25) is 5.91 Å². The maximum Gasteiger partial charge on any atom is 0.246 e. The average Bonchev–Trinajstić information content (AvgIpc) is 2.41. The molecule has 0 bridgehead atoms. The summed E-state index contributed by atoms with van der Waals surface area (Å²) in [7, 11) is 0. The number of halogens is 1. The predicted molar refractivity (Wildman–Crippen MR) is 85.9 cm³/mol.